The van der Waals surface area contributed by atoms with Crippen molar-refractivity contribution in [3.05, 3.63) is 51.6 Å². The lowest BCUT2D eigenvalue weighted by atomic mass is 9.86. The van der Waals surface area contributed by atoms with E-state index in [9.17, 15) is 18.0 Å². The first kappa shape index (κ1) is 26.1. The maximum Gasteiger partial charge on any atom is 0.327 e. The molecule has 9 nitrogen and oxygen atoms in total. The van der Waals surface area contributed by atoms with Crippen LogP contribution in [0, 0.1) is 12.3 Å². The highest BCUT2D eigenvalue weighted by molar-refractivity contribution is 7.89. The number of H-pyrrole nitrogens is 1. The van der Waals surface area contributed by atoms with Gasteiger partial charge >= 0.3 is 5.69 Å². The van der Waals surface area contributed by atoms with Crippen molar-refractivity contribution in [2.24, 2.45) is 12.5 Å². The van der Waals surface area contributed by atoms with E-state index in [0.29, 0.717) is 36.4 Å². The number of carbonyl (C=O) groups excluding carboxylic acids is 1. The second-order valence-electron chi connectivity index (χ2n) is 11.0. The van der Waals surface area contributed by atoms with Gasteiger partial charge in [0.1, 0.15) is 0 Å². The molecule has 1 fully saturated rings. The Kier molecular flexibility index (Phi) is 6.87. The van der Waals surface area contributed by atoms with Gasteiger partial charge in [-0.1, -0.05) is 20.8 Å². The van der Waals surface area contributed by atoms with Crippen LogP contribution in [-0.4, -0.2) is 46.3 Å². The smallest absolute Gasteiger partial charge is 0.326 e. The molecule has 10 heteroatoms. The van der Waals surface area contributed by atoms with Crippen LogP contribution in [0.1, 0.15) is 63.3 Å². The molecular formula is C26H35N5O4S. The zero-order valence-electron chi connectivity index (χ0n) is 21.8. The van der Waals surface area contributed by atoms with Gasteiger partial charge in [0.05, 0.1) is 10.4 Å². The fourth-order valence-electron chi connectivity index (χ4n) is 4.95. The van der Waals surface area contributed by atoms with E-state index in [-0.39, 0.29) is 27.8 Å². The van der Waals surface area contributed by atoms with E-state index in [1.165, 1.54) is 15.8 Å². The van der Waals surface area contributed by atoms with Crippen LogP contribution in [-0.2, 0) is 28.3 Å². The van der Waals surface area contributed by atoms with Gasteiger partial charge in [-0.2, -0.15) is 4.31 Å². The van der Waals surface area contributed by atoms with Gasteiger partial charge in [-0.05, 0) is 67.0 Å². The number of rotatable bonds is 5. The Bertz CT molecular complexity index is 1480. The van der Waals surface area contributed by atoms with Crippen LogP contribution in [0.4, 0.5) is 5.69 Å². The Morgan fingerprint density at radius 2 is 1.97 bits per heavy atom. The molecule has 3 heterocycles. The fourth-order valence-corrected chi connectivity index (χ4v) is 6.68. The normalized spacial score (nSPS) is 17.4. The Morgan fingerprint density at radius 1 is 1.25 bits per heavy atom. The molecule has 0 spiro atoms. The highest BCUT2D eigenvalue weighted by Gasteiger charge is 2.33. The Balaban J connectivity index is 1.68. The minimum absolute atomic E-state index is 0.00115. The van der Waals surface area contributed by atoms with E-state index in [0.717, 1.165) is 29.6 Å². The number of hydrogen-bond acceptors (Lipinski definition) is 5. The summed E-state index contributed by atoms with van der Waals surface area (Å²) in [7, 11) is -2.03. The molecule has 1 atom stereocenters. The molecule has 0 bridgehead atoms. The molecule has 1 aliphatic rings. The summed E-state index contributed by atoms with van der Waals surface area (Å²) in [5.41, 5.74) is 4.11. The van der Waals surface area contributed by atoms with E-state index in [2.05, 4.69) is 31.1 Å². The summed E-state index contributed by atoms with van der Waals surface area (Å²) in [6.45, 7) is 10.3. The van der Waals surface area contributed by atoms with Gasteiger partial charge in [-0.15, -0.1) is 0 Å². The number of piperidine rings is 1. The summed E-state index contributed by atoms with van der Waals surface area (Å²) in [4.78, 5) is 31.7. The lowest BCUT2D eigenvalue weighted by molar-refractivity contribution is -0.114. The molecule has 0 radical (unpaired) electrons. The van der Waals surface area contributed by atoms with Crippen LogP contribution >= 0.6 is 0 Å². The Labute approximate surface area is 212 Å². The average Bonchev–Trinajstić information content (AvgIpc) is 3.06. The van der Waals surface area contributed by atoms with Gasteiger partial charge in [0.15, 0.2) is 5.65 Å². The van der Waals surface area contributed by atoms with Crippen molar-refractivity contribution < 1.29 is 13.2 Å². The van der Waals surface area contributed by atoms with Crippen LogP contribution in [0.15, 0.2) is 34.0 Å². The number of fused-ring (bicyclic) bond motifs is 1. The number of benzene rings is 1. The fraction of sp³-hybridized carbons (Fsp3) is 0.500. The number of sulfonamides is 1. The molecule has 1 amide bonds. The number of aromatic amines is 1. The number of anilines is 1. The second kappa shape index (κ2) is 9.48. The third-order valence-corrected chi connectivity index (χ3v) is 8.62. The predicted molar refractivity (Wildman–Crippen MR) is 141 cm³/mol. The Morgan fingerprint density at radius 3 is 2.61 bits per heavy atom. The highest BCUT2D eigenvalue weighted by Crippen LogP contribution is 2.33. The summed E-state index contributed by atoms with van der Waals surface area (Å²) in [6, 6.07) is 6.89. The first-order chi connectivity index (χ1) is 16.8. The van der Waals surface area contributed by atoms with E-state index >= 15 is 0 Å². The standard InChI is InChI=1S/C26H35N5O4S/c1-16-12-20(27-17(2)32)9-10-22(16)36(34,35)31-11-7-8-18(15-31)21-13-19(14-26(3,4)5)23-24(28-21)30(6)25(33)29-23/h9-10,12-13,18H,7-8,11,14-15H2,1-6H3,(H,27,32)(H,29,33). The van der Waals surface area contributed by atoms with E-state index in [1.807, 2.05) is 6.07 Å². The summed E-state index contributed by atoms with van der Waals surface area (Å²) in [6.07, 6.45) is 2.29. The maximum atomic E-state index is 13.6. The number of aromatic nitrogens is 3. The third kappa shape index (κ3) is 5.24. The number of pyridine rings is 1. The zero-order valence-corrected chi connectivity index (χ0v) is 22.6. The molecule has 4 rings (SSSR count). The number of aryl methyl sites for hydroxylation is 2. The molecule has 1 unspecified atom stereocenters. The zero-order chi connectivity index (χ0) is 26.4. The molecule has 194 valence electrons. The van der Waals surface area contributed by atoms with Gasteiger partial charge in [-0.25, -0.2) is 18.2 Å². The number of imidazole rings is 1. The molecule has 0 aliphatic carbocycles. The SMILES string of the molecule is CC(=O)Nc1ccc(S(=O)(=O)N2CCCC(c3cc(CC(C)(C)C)c4[nH]c(=O)n(C)c4n3)C2)c(C)c1. The van der Waals surface area contributed by atoms with Crippen molar-refractivity contribution >= 4 is 32.8 Å². The van der Waals surface area contributed by atoms with Gasteiger partial charge in [-0.3, -0.25) is 9.36 Å². The largest absolute Gasteiger partial charge is 0.327 e. The number of amides is 1. The van der Waals surface area contributed by atoms with Gasteiger partial charge in [0.2, 0.25) is 15.9 Å². The van der Waals surface area contributed by atoms with Crippen LogP contribution in [0.2, 0.25) is 0 Å². The molecule has 1 saturated heterocycles. The van der Waals surface area contributed by atoms with Crippen molar-refractivity contribution in [1.82, 2.24) is 18.8 Å². The predicted octanol–water partition coefficient (Wildman–Crippen LogP) is 3.69. The molecular weight excluding hydrogens is 478 g/mol. The summed E-state index contributed by atoms with van der Waals surface area (Å²) in [5.74, 6) is -0.292. The summed E-state index contributed by atoms with van der Waals surface area (Å²) in [5, 5.41) is 2.69. The Hall–Kier alpha value is -2.98. The monoisotopic (exact) mass is 513 g/mol. The number of carbonyl (C=O) groups is 1. The van der Waals surface area contributed by atoms with Crippen molar-refractivity contribution in [1.29, 1.82) is 0 Å². The molecule has 2 aromatic heterocycles. The third-order valence-electron chi connectivity index (χ3n) is 6.59. The van der Waals surface area contributed by atoms with Gasteiger partial charge in [0, 0.05) is 44.4 Å². The number of hydrogen-bond donors (Lipinski definition) is 2. The second-order valence-corrected chi connectivity index (χ2v) is 12.9. The summed E-state index contributed by atoms with van der Waals surface area (Å²) >= 11 is 0. The van der Waals surface area contributed by atoms with Crippen LogP contribution in [0.25, 0.3) is 11.2 Å². The molecule has 2 N–H and O–H groups in total. The minimum Gasteiger partial charge on any atom is -0.326 e. The van der Waals surface area contributed by atoms with E-state index < -0.39 is 10.0 Å². The van der Waals surface area contributed by atoms with E-state index in [1.54, 1.807) is 32.2 Å². The number of nitrogens with one attached hydrogen (secondary N) is 2. The van der Waals surface area contributed by atoms with Crippen LogP contribution in [0.5, 0.6) is 0 Å². The highest BCUT2D eigenvalue weighted by atomic mass is 32.2. The molecule has 1 aliphatic heterocycles. The van der Waals surface area contributed by atoms with Crippen LogP contribution in [0.3, 0.4) is 0 Å². The topological polar surface area (TPSA) is 117 Å². The van der Waals surface area contributed by atoms with Crippen molar-refractivity contribution in [2.45, 2.75) is 64.7 Å². The first-order valence-corrected chi connectivity index (χ1v) is 13.7. The van der Waals surface area contributed by atoms with E-state index in [4.69, 9.17) is 4.98 Å². The van der Waals surface area contributed by atoms with Crippen molar-refractivity contribution in [3.63, 3.8) is 0 Å². The van der Waals surface area contributed by atoms with Gasteiger partial charge in [0.25, 0.3) is 0 Å². The number of nitrogens with zero attached hydrogens (tertiary/aromatic N) is 3. The lowest BCUT2D eigenvalue weighted by Gasteiger charge is -2.32. The minimum atomic E-state index is -3.73. The van der Waals surface area contributed by atoms with Crippen molar-refractivity contribution in [2.75, 3.05) is 18.4 Å². The lowest BCUT2D eigenvalue weighted by Crippen LogP contribution is -2.39. The molecule has 36 heavy (non-hydrogen) atoms. The van der Waals surface area contributed by atoms with Crippen LogP contribution < -0.4 is 11.0 Å². The first-order valence-electron chi connectivity index (χ1n) is 12.2. The molecule has 3 aromatic rings. The average molecular weight is 514 g/mol. The molecule has 1 aromatic carbocycles. The maximum absolute atomic E-state index is 13.6. The van der Waals surface area contributed by atoms with Crippen molar-refractivity contribution in [3.8, 4) is 0 Å². The quantitative estimate of drug-likeness (QED) is 0.540. The summed E-state index contributed by atoms with van der Waals surface area (Å²) < 4.78 is 30.3. The van der Waals surface area contributed by atoms with Gasteiger partial charge < -0.3 is 10.3 Å². The molecule has 0 saturated carbocycles.